The van der Waals surface area contributed by atoms with Crippen molar-refractivity contribution >= 4 is 50.7 Å². The topological polar surface area (TPSA) is 73.8 Å². The minimum absolute atomic E-state index is 0.102. The molecule has 3 aromatic rings. The van der Waals surface area contributed by atoms with E-state index in [0.29, 0.717) is 5.17 Å². The first-order valence-electron chi connectivity index (χ1n) is 12.8. The number of hydrogen-bond acceptors (Lipinski definition) is 4. The lowest BCUT2D eigenvalue weighted by atomic mass is 9.86. The summed E-state index contributed by atoms with van der Waals surface area (Å²) in [5, 5.41) is 17.5. The van der Waals surface area contributed by atoms with Gasteiger partial charge in [-0.15, -0.1) is 0 Å². The quantitative estimate of drug-likeness (QED) is 0.388. The van der Waals surface area contributed by atoms with Crippen molar-refractivity contribution in [2.45, 2.75) is 51.5 Å². The van der Waals surface area contributed by atoms with E-state index in [0.717, 1.165) is 46.8 Å². The molecule has 1 fully saturated rings. The third-order valence-electron chi connectivity index (χ3n) is 7.30. The summed E-state index contributed by atoms with van der Waals surface area (Å²) in [7, 11) is 0. The van der Waals surface area contributed by atoms with Gasteiger partial charge >= 0.3 is 0 Å². The maximum Gasteiger partial charge on any atom is 0.283 e. The summed E-state index contributed by atoms with van der Waals surface area (Å²) in [5.74, 6) is 0.499. The van der Waals surface area contributed by atoms with Gasteiger partial charge in [0.05, 0.1) is 5.57 Å². The van der Waals surface area contributed by atoms with E-state index in [1.807, 2.05) is 30.3 Å². The van der Waals surface area contributed by atoms with Crippen LogP contribution < -0.4 is 0 Å². The predicted molar refractivity (Wildman–Crippen MR) is 148 cm³/mol. The maximum atomic E-state index is 13.0. The molecule has 36 heavy (non-hydrogen) atoms. The van der Waals surface area contributed by atoms with Crippen LogP contribution >= 0.6 is 11.8 Å². The molecule has 182 valence electrons. The molecule has 1 aliphatic carbocycles. The van der Waals surface area contributed by atoms with E-state index in [2.05, 4.69) is 45.1 Å². The fourth-order valence-electron chi connectivity index (χ4n) is 5.39. The standard InChI is InChI=1S/C29H29N5OS/c30-27-24(28(35)31-29-34(27)32-26(36-29)16-15-20-9-3-1-4-10-20)17-22-19-33(18-21-11-5-2-6-12-21)25-14-8-7-13-23(22)25/h2,5-8,11-14,17,19-20,30H,1,3-4,9-10,15-16,18H2. The molecular weight excluding hydrogens is 466 g/mol. The number of amidine groups is 2. The lowest BCUT2D eigenvalue weighted by Gasteiger charge is -2.20. The van der Waals surface area contributed by atoms with E-state index in [9.17, 15) is 4.79 Å². The number of nitrogens with one attached hydrogen (secondary N) is 1. The van der Waals surface area contributed by atoms with Crippen LogP contribution in [0.25, 0.3) is 17.0 Å². The number of rotatable bonds is 6. The number of amides is 1. The number of para-hydroxylation sites is 1. The van der Waals surface area contributed by atoms with E-state index >= 15 is 0 Å². The Bertz CT molecular complexity index is 1410. The average Bonchev–Trinajstić information content (AvgIpc) is 3.48. The van der Waals surface area contributed by atoms with Crippen LogP contribution in [0.5, 0.6) is 0 Å². The van der Waals surface area contributed by atoms with Crippen molar-refractivity contribution < 1.29 is 4.79 Å². The zero-order valence-corrected chi connectivity index (χ0v) is 21.0. The number of hydrogen-bond donors (Lipinski definition) is 1. The first-order valence-corrected chi connectivity index (χ1v) is 13.6. The number of fused-ring (bicyclic) bond motifs is 2. The van der Waals surface area contributed by atoms with Crippen LogP contribution in [0.1, 0.15) is 56.1 Å². The first-order chi connectivity index (χ1) is 17.7. The first kappa shape index (κ1) is 23.0. The van der Waals surface area contributed by atoms with Gasteiger partial charge in [0, 0.05) is 29.2 Å². The minimum atomic E-state index is -0.373. The van der Waals surface area contributed by atoms with Crippen LogP contribution in [0, 0.1) is 11.3 Å². The Labute approximate surface area is 215 Å². The summed E-state index contributed by atoms with van der Waals surface area (Å²) in [6, 6.07) is 18.5. The normalized spacial score (nSPS) is 19.7. The van der Waals surface area contributed by atoms with Crippen molar-refractivity contribution in [1.82, 2.24) is 9.58 Å². The monoisotopic (exact) mass is 495 g/mol. The molecule has 3 heterocycles. The van der Waals surface area contributed by atoms with E-state index in [1.54, 1.807) is 6.08 Å². The Balaban J connectivity index is 1.26. The SMILES string of the molecule is N=C1C(=Cc2cn(Cc3ccccc3)c3ccccc23)C(=O)N=C2SC(CCC3CCCCC3)=NN12. The van der Waals surface area contributed by atoms with Crippen molar-refractivity contribution in [1.29, 1.82) is 5.41 Å². The molecule has 6 rings (SSSR count). The van der Waals surface area contributed by atoms with Gasteiger partial charge in [0.25, 0.3) is 5.91 Å². The molecule has 2 aliphatic heterocycles. The maximum absolute atomic E-state index is 13.0. The number of aliphatic imine (C=N–C) groups is 1. The van der Waals surface area contributed by atoms with Gasteiger partial charge < -0.3 is 4.57 Å². The molecule has 6 nitrogen and oxygen atoms in total. The van der Waals surface area contributed by atoms with Gasteiger partial charge in [-0.3, -0.25) is 10.2 Å². The van der Waals surface area contributed by atoms with Crippen molar-refractivity contribution in [2.24, 2.45) is 16.0 Å². The van der Waals surface area contributed by atoms with Crippen LogP contribution in [-0.4, -0.2) is 31.5 Å². The zero-order chi connectivity index (χ0) is 24.5. The van der Waals surface area contributed by atoms with Gasteiger partial charge in [-0.1, -0.05) is 80.6 Å². The molecule has 7 heteroatoms. The van der Waals surface area contributed by atoms with E-state index in [1.165, 1.54) is 54.4 Å². The smallest absolute Gasteiger partial charge is 0.283 e. The Morgan fingerprint density at radius 1 is 1.03 bits per heavy atom. The molecule has 1 saturated carbocycles. The molecule has 0 unspecified atom stereocenters. The molecule has 1 aromatic heterocycles. The van der Waals surface area contributed by atoms with Crippen LogP contribution in [0.4, 0.5) is 0 Å². The second kappa shape index (κ2) is 9.90. The lowest BCUT2D eigenvalue weighted by Crippen LogP contribution is -2.35. The lowest BCUT2D eigenvalue weighted by molar-refractivity contribution is -0.114. The molecule has 0 radical (unpaired) electrons. The summed E-state index contributed by atoms with van der Waals surface area (Å²) < 4.78 is 2.19. The number of thioether (sulfide) groups is 1. The number of hydrazone groups is 1. The van der Waals surface area contributed by atoms with E-state index in [4.69, 9.17) is 5.41 Å². The summed E-state index contributed by atoms with van der Waals surface area (Å²) in [6.45, 7) is 0.732. The molecule has 1 N–H and O–H groups in total. The Morgan fingerprint density at radius 3 is 2.64 bits per heavy atom. The van der Waals surface area contributed by atoms with Crippen molar-refractivity contribution in [2.75, 3.05) is 0 Å². The highest BCUT2D eigenvalue weighted by Gasteiger charge is 2.35. The minimum Gasteiger partial charge on any atom is -0.342 e. The van der Waals surface area contributed by atoms with Crippen molar-refractivity contribution in [3.05, 3.63) is 77.5 Å². The number of benzene rings is 2. The second-order valence-electron chi connectivity index (χ2n) is 9.77. The number of aromatic nitrogens is 1. The predicted octanol–water partition coefficient (Wildman–Crippen LogP) is 6.67. The fourth-order valence-corrected chi connectivity index (χ4v) is 6.29. The third kappa shape index (κ3) is 4.55. The van der Waals surface area contributed by atoms with Crippen LogP contribution in [0.2, 0.25) is 0 Å². The highest BCUT2D eigenvalue weighted by Crippen LogP contribution is 2.34. The van der Waals surface area contributed by atoms with Gasteiger partial charge in [0.15, 0.2) is 5.84 Å². The molecular formula is C29H29N5OS. The van der Waals surface area contributed by atoms with Crippen molar-refractivity contribution in [3.8, 4) is 0 Å². The van der Waals surface area contributed by atoms with Crippen LogP contribution in [0.15, 0.2) is 76.5 Å². The summed E-state index contributed by atoms with van der Waals surface area (Å²) in [4.78, 5) is 17.3. The van der Waals surface area contributed by atoms with Crippen LogP contribution in [0.3, 0.4) is 0 Å². The van der Waals surface area contributed by atoms with E-state index in [-0.39, 0.29) is 17.3 Å². The Kier molecular flexibility index (Phi) is 6.32. The fraction of sp³-hybridized carbons (Fsp3) is 0.310. The zero-order valence-electron chi connectivity index (χ0n) is 20.2. The molecule has 2 aromatic carbocycles. The highest BCUT2D eigenvalue weighted by molar-refractivity contribution is 8.26. The average molecular weight is 496 g/mol. The van der Waals surface area contributed by atoms with Gasteiger partial charge in [0.2, 0.25) is 5.17 Å². The second-order valence-corrected chi connectivity index (χ2v) is 10.8. The van der Waals surface area contributed by atoms with Crippen molar-refractivity contribution in [3.63, 3.8) is 0 Å². The van der Waals surface area contributed by atoms with Gasteiger partial charge in [-0.25, -0.2) is 0 Å². The highest BCUT2D eigenvalue weighted by atomic mass is 32.2. The Hall–Kier alpha value is -3.45. The van der Waals surface area contributed by atoms with E-state index < -0.39 is 0 Å². The summed E-state index contributed by atoms with van der Waals surface area (Å²) in [6.07, 6.45) is 12.5. The van der Waals surface area contributed by atoms with Gasteiger partial charge in [-0.05, 0) is 48.2 Å². The van der Waals surface area contributed by atoms with Crippen LogP contribution in [-0.2, 0) is 11.3 Å². The number of carbonyl (C=O) groups excluding carboxylic acids is 1. The number of carbonyl (C=O) groups is 1. The molecule has 1 amide bonds. The Morgan fingerprint density at radius 2 is 1.81 bits per heavy atom. The largest absolute Gasteiger partial charge is 0.342 e. The molecule has 0 spiro atoms. The number of nitrogens with zero attached hydrogens (tertiary/aromatic N) is 4. The van der Waals surface area contributed by atoms with Gasteiger partial charge in [-0.2, -0.15) is 15.1 Å². The third-order valence-corrected chi connectivity index (χ3v) is 8.27. The van der Waals surface area contributed by atoms with Gasteiger partial charge in [0.1, 0.15) is 5.04 Å². The molecule has 0 bridgehead atoms. The molecule has 0 saturated heterocycles. The summed E-state index contributed by atoms with van der Waals surface area (Å²) in [5.41, 5.74) is 3.48. The molecule has 0 atom stereocenters. The summed E-state index contributed by atoms with van der Waals surface area (Å²) >= 11 is 1.44. The molecule has 3 aliphatic rings.